The van der Waals surface area contributed by atoms with E-state index >= 15 is 0 Å². The Kier molecular flexibility index (Phi) is 5.46. The van der Waals surface area contributed by atoms with Gasteiger partial charge in [-0.2, -0.15) is 5.10 Å². The Labute approximate surface area is 153 Å². The fourth-order valence-electron chi connectivity index (χ4n) is 2.94. The maximum atomic E-state index is 12.5. The summed E-state index contributed by atoms with van der Waals surface area (Å²) in [5.41, 5.74) is 2.57. The quantitative estimate of drug-likeness (QED) is 0.904. The SMILES string of the molecule is CC(=O)Nc1ccc(CC(=O)N2CCN(c3ccc(C)nn3)CC2)cc1. The summed E-state index contributed by atoms with van der Waals surface area (Å²) in [5.74, 6) is 0.869. The lowest BCUT2D eigenvalue weighted by Crippen LogP contribution is -2.49. The van der Waals surface area contributed by atoms with Crippen LogP contribution in [0.5, 0.6) is 0 Å². The van der Waals surface area contributed by atoms with Crippen molar-refractivity contribution in [1.29, 1.82) is 0 Å². The molecule has 136 valence electrons. The smallest absolute Gasteiger partial charge is 0.227 e. The molecule has 0 atom stereocenters. The Balaban J connectivity index is 1.52. The fraction of sp³-hybridized carbons (Fsp3) is 0.368. The van der Waals surface area contributed by atoms with Crippen molar-refractivity contribution in [1.82, 2.24) is 15.1 Å². The highest BCUT2D eigenvalue weighted by molar-refractivity contribution is 5.88. The van der Waals surface area contributed by atoms with E-state index in [1.54, 1.807) is 0 Å². The first-order valence-electron chi connectivity index (χ1n) is 8.71. The van der Waals surface area contributed by atoms with Crippen LogP contribution in [0.25, 0.3) is 0 Å². The number of hydrogen-bond donors (Lipinski definition) is 1. The number of hydrogen-bond acceptors (Lipinski definition) is 5. The molecule has 0 radical (unpaired) electrons. The van der Waals surface area contributed by atoms with Crippen molar-refractivity contribution >= 4 is 23.3 Å². The lowest BCUT2D eigenvalue weighted by molar-refractivity contribution is -0.130. The summed E-state index contributed by atoms with van der Waals surface area (Å²) in [7, 11) is 0. The molecule has 0 saturated carbocycles. The van der Waals surface area contributed by atoms with Crippen LogP contribution in [0, 0.1) is 6.92 Å². The van der Waals surface area contributed by atoms with Gasteiger partial charge < -0.3 is 15.1 Å². The van der Waals surface area contributed by atoms with E-state index in [0.29, 0.717) is 19.5 Å². The number of carbonyl (C=O) groups excluding carboxylic acids is 2. The normalized spacial score (nSPS) is 14.2. The minimum absolute atomic E-state index is 0.107. The molecule has 1 aromatic carbocycles. The van der Waals surface area contributed by atoms with Gasteiger partial charge in [-0.25, -0.2) is 0 Å². The van der Waals surface area contributed by atoms with E-state index in [2.05, 4.69) is 20.4 Å². The number of carbonyl (C=O) groups is 2. The lowest BCUT2D eigenvalue weighted by atomic mass is 10.1. The van der Waals surface area contributed by atoms with E-state index in [1.165, 1.54) is 6.92 Å². The first-order valence-corrected chi connectivity index (χ1v) is 8.71. The molecule has 1 fully saturated rings. The number of nitrogens with zero attached hydrogens (tertiary/aromatic N) is 4. The summed E-state index contributed by atoms with van der Waals surface area (Å²) in [6.45, 7) is 6.25. The molecule has 0 bridgehead atoms. The average molecular weight is 353 g/mol. The zero-order valence-corrected chi connectivity index (χ0v) is 15.1. The molecule has 7 heteroatoms. The summed E-state index contributed by atoms with van der Waals surface area (Å²) in [5, 5.41) is 11.0. The maximum Gasteiger partial charge on any atom is 0.227 e. The van der Waals surface area contributed by atoms with E-state index in [0.717, 1.165) is 35.9 Å². The van der Waals surface area contributed by atoms with Crippen LogP contribution in [0.4, 0.5) is 11.5 Å². The molecule has 0 aliphatic carbocycles. The third-order valence-corrected chi connectivity index (χ3v) is 4.37. The summed E-state index contributed by atoms with van der Waals surface area (Å²) in [6.07, 6.45) is 0.366. The zero-order valence-electron chi connectivity index (χ0n) is 15.1. The second kappa shape index (κ2) is 7.95. The highest BCUT2D eigenvalue weighted by Crippen LogP contribution is 2.15. The van der Waals surface area contributed by atoms with Crippen LogP contribution in [0.2, 0.25) is 0 Å². The first-order chi connectivity index (χ1) is 12.5. The van der Waals surface area contributed by atoms with Crippen molar-refractivity contribution in [3.63, 3.8) is 0 Å². The largest absolute Gasteiger partial charge is 0.352 e. The molecule has 1 saturated heterocycles. The van der Waals surface area contributed by atoms with E-state index in [4.69, 9.17) is 0 Å². The monoisotopic (exact) mass is 353 g/mol. The Hall–Kier alpha value is -2.96. The van der Waals surface area contributed by atoms with Gasteiger partial charge in [-0.05, 0) is 36.8 Å². The number of amides is 2. The van der Waals surface area contributed by atoms with Crippen LogP contribution in [0.15, 0.2) is 36.4 Å². The molecule has 3 rings (SSSR count). The number of rotatable bonds is 4. The predicted molar refractivity (Wildman–Crippen MR) is 100 cm³/mol. The first kappa shape index (κ1) is 17.8. The third kappa shape index (κ3) is 4.56. The van der Waals surface area contributed by atoms with Gasteiger partial charge in [0.1, 0.15) is 0 Å². The Morgan fingerprint density at radius 2 is 1.69 bits per heavy atom. The van der Waals surface area contributed by atoms with Gasteiger partial charge in [-0.3, -0.25) is 9.59 Å². The van der Waals surface area contributed by atoms with Crippen LogP contribution in [0.1, 0.15) is 18.2 Å². The zero-order chi connectivity index (χ0) is 18.5. The molecule has 0 unspecified atom stereocenters. The fourth-order valence-corrected chi connectivity index (χ4v) is 2.94. The molecular weight excluding hydrogens is 330 g/mol. The molecule has 7 nitrogen and oxygen atoms in total. The van der Waals surface area contributed by atoms with Gasteiger partial charge in [-0.15, -0.1) is 5.10 Å². The van der Waals surface area contributed by atoms with Gasteiger partial charge in [0.05, 0.1) is 12.1 Å². The number of nitrogens with one attached hydrogen (secondary N) is 1. The number of benzene rings is 1. The van der Waals surface area contributed by atoms with Gasteiger partial charge in [0, 0.05) is 38.8 Å². The van der Waals surface area contributed by atoms with Crippen LogP contribution >= 0.6 is 0 Å². The molecule has 1 aliphatic rings. The van der Waals surface area contributed by atoms with Crippen molar-refractivity contribution in [3.05, 3.63) is 47.7 Å². The second-order valence-corrected chi connectivity index (χ2v) is 6.46. The number of anilines is 2. The van der Waals surface area contributed by atoms with Gasteiger partial charge in [0.2, 0.25) is 11.8 Å². The topological polar surface area (TPSA) is 78.4 Å². The lowest BCUT2D eigenvalue weighted by Gasteiger charge is -2.35. The molecule has 1 N–H and O–H groups in total. The molecule has 1 aliphatic heterocycles. The van der Waals surface area contributed by atoms with E-state index in [-0.39, 0.29) is 11.8 Å². The highest BCUT2D eigenvalue weighted by Gasteiger charge is 2.22. The summed E-state index contributed by atoms with van der Waals surface area (Å²) in [6, 6.07) is 11.3. The average Bonchev–Trinajstić information content (AvgIpc) is 2.64. The predicted octanol–water partition coefficient (Wildman–Crippen LogP) is 1.63. The van der Waals surface area contributed by atoms with Gasteiger partial charge in [0.15, 0.2) is 5.82 Å². The van der Waals surface area contributed by atoms with E-state index in [9.17, 15) is 9.59 Å². The molecule has 2 heterocycles. The molecule has 1 aromatic heterocycles. The molecule has 26 heavy (non-hydrogen) atoms. The van der Waals surface area contributed by atoms with Gasteiger partial charge in [-0.1, -0.05) is 12.1 Å². The van der Waals surface area contributed by atoms with Gasteiger partial charge >= 0.3 is 0 Å². The van der Waals surface area contributed by atoms with Crippen LogP contribution in [-0.4, -0.2) is 53.1 Å². The summed E-state index contributed by atoms with van der Waals surface area (Å²) >= 11 is 0. The van der Waals surface area contributed by atoms with E-state index in [1.807, 2.05) is 48.2 Å². The van der Waals surface area contributed by atoms with Crippen molar-refractivity contribution in [3.8, 4) is 0 Å². The minimum Gasteiger partial charge on any atom is -0.352 e. The molecule has 2 aromatic rings. The molecule has 0 spiro atoms. The Bertz CT molecular complexity index is 766. The van der Waals surface area contributed by atoms with Crippen molar-refractivity contribution in [2.45, 2.75) is 20.3 Å². The van der Waals surface area contributed by atoms with Gasteiger partial charge in [0.25, 0.3) is 0 Å². The number of aryl methyl sites for hydroxylation is 1. The maximum absolute atomic E-state index is 12.5. The standard InChI is InChI=1S/C19H23N5O2/c1-14-3-8-18(22-21-14)23-9-11-24(12-10-23)19(26)13-16-4-6-17(7-5-16)20-15(2)25/h3-8H,9-13H2,1-2H3,(H,20,25). The van der Waals surface area contributed by atoms with Crippen molar-refractivity contribution in [2.75, 3.05) is 36.4 Å². The Morgan fingerprint density at radius 1 is 1.00 bits per heavy atom. The highest BCUT2D eigenvalue weighted by atomic mass is 16.2. The van der Waals surface area contributed by atoms with Crippen molar-refractivity contribution in [2.24, 2.45) is 0 Å². The van der Waals surface area contributed by atoms with Crippen LogP contribution in [0.3, 0.4) is 0 Å². The Morgan fingerprint density at radius 3 is 2.27 bits per heavy atom. The summed E-state index contributed by atoms with van der Waals surface area (Å²) in [4.78, 5) is 27.6. The number of piperazine rings is 1. The van der Waals surface area contributed by atoms with Crippen LogP contribution in [-0.2, 0) is 16.0 Å². The second-order valence-electron chi connectivity index (χ2n) is 6.46. The van der Waals surface area contributed by atoms with E-state index < -0.39 is 0 Å². The summed E-state index contributed by atoms with van der Waals surface area (Å²) < 4.78 is 0. The minimum atomic E-state index is -0.107. The van der Waals surface area contributed by atoms with Crippen molar-refractivity contribution < 1.29 is 9.59 Å². The third-order valence-electron chi connectivity index (χ3n) is 4.37. The number of aromatic nitrogens is 2. The molecule has 2 amide bonds. The molecular formula is C19H23N5O2. The van der Waals surface area contributed by atoms with Crippen LogP contribution < -0.4 is 10.2 Å².